The summed E-state index contributed by atoms with van der Waals surface area (Å²) in [7, 11) is -8.83. The summed E-state index contributed by atoms with van der Waals surface area (Å²) in [5.74, 6) is 0.0317. The number of aliphatic imine (C=N–C) groups is 1. The summed E-state index contributed by atoms with van der Waals surface area (Å²) in [4.78, 5) is 10.9. The van der Waals surface area contributed by atoms with Crippen molar-refractivity contribution in [1.29, 1.82) is 0 Å². The first-order valence-corrected chi connectivity index (χ1v) is 14.4. The maximum atomic E-state index is 13.5. The summed E-state index contributed by atoms with van der Waals surface area (Å²) in [5.41, 5.74) is 5.86. The summed E-state index contributed by atoms with van der Waals surface area (Å²) in [5, 5.41) is 13.0. The van der Waals surface area contributed by atoms with Gasteiger partial charge >= 0.3 is 0 Å². The highest BCUT2D eigenvalue weighted by Crippen LogP contribution is 2.37. The van der Waals surface area contributed by atoms with Crippen LogP contribution in [0.5, 0.6) is 0 Å². The molecule has 0 aliphatic carbocycles. The molecular weight excluding hydrogens is 504 g/mol. The van der Waals surface area contributed by atoms with Crippen LogP contribution in [0.25, 0.3) is 22.2 Å². The number of sulfonamides is 2. The van der Waals surface area contributed by atoms with Crippen LogP contribution in [0.15, 0.2) is 56.5 Å². The van der Waals surface area contributed by atoms with Crippen molar-refractivity contribution in [3.05, 3.63) is 42.2 Å². The van der Waals surface area contributed by atoms with Gasteiger partial charge in [-0.3, -0.25) is 0 Å². The van der Waals surface area contributed by atoms with Gasteiger partial charge in [0.15, 0.2) is 5.84 Å². The molecule has 1 aromatic heterocycles. The van der Waals surface area contributed by atoms with Crippen molar-refractivity contribution in [3.8, 4) is 11.1 Å². The number of benzene rings is 2. The number of nitrogens with one attached hydrogen (secondary N) is 4. The van der Waals surface area contributed by atoms with E-state index in [0.717, 1.165) is 11.2 Å². The summed E-state index contributed by atoms with van der Waals surface area (Å²) in [6.45, 7) is 3.40. The molecule has 0 spiro atoms. The number of aromatic nitrogens is 2. The van der Waals surface area contributed by atoms with Gasteiger partial charge in [0.05, 0.1) is 29.5 Å². The number of aromatic amines is 1. The molecule has 2 aliphatic heterocycles. The normalized spacial score (nSPS) is 18.7. The molecular formula is C22H26N8O4S2. The lowest BCUT2D eigenvalue weighted by Crippen LogP contribution is -2.37. The zero-order chi connectivity index (χ0) is 25.5. The molecule has 6 N–H and O–H groups in total. The van der Waals surface area contributed by atoms with Crippen LogP contribution >= 0.6 is 0 Å². The van der Waals surface area contributed by atoms with E-state index in [0.29, 0.717) is 49.1 Å². The second-order valence-corrected chi connectivity index (χ2v) is 11.8. The van der Waals surface area contributed by atoms with Crippen molar-refractivity contribution < 1.29 is 16.8 Å². The molecule has 1 saturated heterocycles. The van der Waals surface area contributed by atoms with Crippen LogP contribution in [-0.2, 0) is 20.0 Å². The molecule has 1 unspecified atom stereocenters. The quantitative estimate of drug-likeness (QED) is 0.297. The molecule has 3 aromatic rings. The second-order valence-electron chi connectivity index (χ2n) is 8.58. The van der Waals surface area contributed by atoms with Crippen molar-refractivity contribution in [2.75, 3.05) is 19.6 Å². The van der Waals surface area contributed by atoms with Gasteiger partial charge in [-0.15, -0.1) is 0 Å². The van der Waals surface area contributed by atoms with Gasteiger partial charge in [0.1, 0.15) is 9.79 Å². The van der Waals surface area contributed by atoms with E-state index in [9.17, 15) is 16.8 Å². The molecule has 14 heteroatoms. The first-order valence-electron chi connectivity index (χ1n) is 11.4. The van der Waals surface area contributed by atoms with E-state index in [1.165, 1.54) is 12.4 Å². The maximum absolute atomic E-state index is 13.5. The predicted octanol–water partition coefficient (Wildman–Crippen LogP) is 0.633. The van der Waals surface area contributed by atoms with Gasteiger partial charge in [0.2, 0.25) is 20.0 Å². The highest BCUT2D eigenvalue weighted by atomic mass is 32.2. The maximum Gasteiger partial charge on any atom is 0.242 e. The Morgan fingerprint density at radius 2 is 1.97 bits per heavy atom. The van der Waals surface area contributed by atoms with Crippen LogP contribution in [0, 0.1) is 0 Å². The van der Waals surface area contributed by atoms with Crippen LogP contribution in [0.4, 0.5) is 0 Å². The molecule has 12 nitrogen and oxygen atoms in total. The molecule has 1 atom stereocenters. The van der Waals surface area contributed by atoms with E-state index < -0.39 is 29.8 Å². The van der Waals surface area contributed by atoms with Gasteiger partial charge in [-0.05, 0) is 37.1 Å². The fourth-order valence-corrected chi connectivity index (χ4v) is 7.33. The number of amidine groups is 1. The number of hydrogen-bond donors (Lipinski definition) is 5. The third-order valence-corrected chi connectivity index (χ3v) is 8.87. The van der Waals surface area contributed by atoms with Crippen molar-refractivity contribution in [2.24, 2.45) is 15.2 Å². The van der Waals surface area contributed by atoms with Crippen LogP contribution in [0.1, 0.15) is 25.3 Å². The topological polar surface area (TPSA) is 184 Å². The summed E-state index contributed by atoms with van der Waals surface area (Å²) >= 11 is 0. The number of para-hydroxylation sites is 1. The van der Waals surface area contributed by atoms with Gasteiger partial charge < -0.3 is 15.7 Å². The highest BCUT2D eigenvalue weighted by Gasteiger charge is 2.34. The molecule has 190 valence electrons. The van der Waals surface area contributed by atoms with Gasteiger partial charge in [0, 0.05) is 23.9 Å². The lowest BCUT2D eigenvalue weighted by Gasteiger charge is -2.21. The number of nitrogens with zero attached hydrogens (tertiary/aromatic N) is 3. The van der Waals surface area contributed by atoms with Gasteiger partial charge in [0.25, 0.3) is 0 Å². The highest BCUT2D eigenvalue weighted by molar-refractivity contribution is 7.92. The fraction of sp³-hybridized carbons (Fsp3) is 0.318. The van der Waals surface area contributed by atoms with E-state index in [4.69, 9.17) is 5.14 Å². The predicted molar refractivity (Wildman–Crippen MR) is 137 cm³/mol. The zero-order valence-corrected chi connectivity index (χ0v) is 21.1. The summed E-state index contributed by atoms with van der Waals surface area (Å²) < 4.78 is 55.7. The molecule has 2 aliphatic rings. The minimum Gasteiger partial charge on any atom is -0.345 e. The van der Waals surface area contributed by atoms with E-state index in [1.807, 2.05) is 13.0 Å². The lowest BCUT2D eigenvalue weighted by molar-refractivity contribution is 0.555. The Morgan fingerprint density at radius 1 is 1.14 bits per heavy atom. The van der Waals surface area contributed by atoms with Gasteiger partial charge in [-0.2, -0.15) is 5.10 Å². The Balaban J connectivity index is 1.83. The molecule has 5 rings (SSSR count). The third-order valence-electron chi connectivity index (χ3n) is 6.18. The summed E-state index contributed by atoms with van der Waals surface area (Å²) in [6.07, 6.45) is 2.70. The van der Waals surface area contributed by atoms with Crippen LogP contribution in [-0.4, -0.2) is 64.0 Å². The van der Waals surface area contributed by atoms with E-state index in [2.05, 4.69) is 35.5 Å². The Labute approximate surface area is 208 Å². The summed E-state index contributed by atoms with van der Waals surface area (Å²) in [6, 6.07) is 7.83. The Bertz CT molecular complexity index is 1600. The molecule has 0 amide bonds. The number of imidazole rings is 1. The van der Waals surface area contributed by atoms with Crippen molar-refractivity contribution >= 4 is 42.6 Å². The lowest BCUT2D eigenvalue weighted by atomic mass is 9.97. The number of nitrogens with two attached hydrogens (primary N) is 1. The molecule has 0 radical (unpaired) electrons. The number of rotatable bonds is 7. The first kappa shape index (κ1) is 24.5. The number of hydrazone groups is 1. The van der Waals surface area contributed by atoms with Crippen molar-refractivity contribution in [1.82, 2.24) is 25.4 Å². The molecule has 0 bridgehead atoms. The molecule has 1 fully saturated rings. The molecule has 0 saturated carbocycles. The SMILES string of the molecule is CCC1=NC(c2c(-c3cccc4[nH]cnc34)ccc(S(=O)(=O)NC3CCNC3)c2S(N)(=O)=O)=NNC1. The van der Waals surface area contributed by atoms with E-state index in [-0.39, 0.29) is 17.4 Å². The van der Waals surface area contributed by atoms with Crippen LogP contribution < -0.4 is 20.6 Å². The molecule has 2 aromatic carbocycles. The Hall–Kier alpha value is -3.17. The average molecular weight is 531 g/mol. The van der Waals surface area contributed by atoms with E-state index in [1.54, 1.807) is 18.2 Å². The number of hydrogen-bond acceptors (Lipinski definition) is 9. The molecule has 3 heterocycles. The second kappa shape index (κ2) is 9.37. The van der Waals surface area contributed by atoms with Crippen molar-refractivity contribution in [2.45, 2.75) is 35.6 Å². The monoisotopic (exact) mass is 530 g/mol. The fourth-order valence-electron chi connectivity index (χ4n) is 4.46. The number of primary sulfonamides is 1. The minimum absolute atomic E-state index is 0.00132. The van der Waals surface area contributed by atoms with Crippen molar-refractivity contribution in [3.63, 3.8) is 0 Å². The first-order chi connectivity index (χ1) is 17.2. The Kier molecular flexibility index (Phi) is 6.38. The zero-order valence-electron chi connectivity index (χ0n) is 19.4. The smallest absolute Gasteiger partial charge is 0.242 e. The van der Waals surface area contributed by atoms with E-state index >= 15 is 0 Å². The largest absolute Gasteiger partial charge is 0.345 e. The number of fused-ring (bicyclic) bond motifs is 1. The van der Waals surface area contributed by atoms with Crippen LogP contribution in [0.3, 0.4) is 0 Å². The average Bonchev–Trinajstić information content (AvgIpc) is 3.54. The van der Waals surface area contributed by atoms with Crippen LogP contribution in [0.2, 0.25) is 0 Å². The third kappa shape index (κ3) is 4.53. The minimum atomic E-state index is -4.57. The van der Waals surface area contributed by atoms with Gasteiger partial charge in [-0.1, -0.05) is 25.1 Å². The Morgan fingerprint density at radius 3 is 2.69 bits per heavy atom. The standard InChI is InChI=1S/C22H26N8O4S2/c1-2-13-11-27-29-22(28-13)19-15(16-4-3-5-17-20(16)26-12-25-17)6-7-18(21(19)35(23,31)32)36(33,34)30-14-8-9-24-10-14/h3-7,12,14,24,27,30H,2,8-11H2,1H3,(H,25,26)(H2,23,31,32). The van der Waals surface area contributed by atoms with Gasteiger partial charge in [-0.25, -0.2) is 36.7 Å². The molecule has 36 heavy (non-hydrogen) atoms. The number of H-pyrrole nitrogens is 1.